The van der Waals surface area contributed by atoms with Crippen molar-refractivity contribution >= 4 is 51.8 Å². The lowest BCUT2D eigenvalue weighted by Crippen LogP contribution is -2.27. The van der Waals surface area contributed by atoms with Gasteiger partial charge >= 0.3 is 5.97 Å². The van der Waals surface area contributed by atoms with Gasteiger partial charge < -0.3 is 4.74 Å². The molecule has 0 fully saturated rings. The van der Waals surface area contributed by atoms with Crippen LogP contribution >= 0.6 is 40.0 Å². The minimum absolute atomic E-state index is 0.0820. The first-order valence-electron chi connectivity index (χ1n) is 5.25. The van der Waals surface area contributed by atoms with Crippen LogP contribution in [0, 0.1) is 0 Å². The van der Waals surface area contributed by atoms with Gasteiger partial charge in [-0.3, -0.25) is 14.4 Å². The third-order valence-electron chi connectivity index (χ3n) is 2.27. The first kappa shape index (κ1) is 16.5. The van der Waals surface area contributed by atoms with E-state index in [9.17, 15) is 14.4 Å². The summed E-state index contributed by atoms with van der Waals surface area (Å²) in [6, 6.07) is 0. The predicted molar refractivity (Wildman–Crippen MR) is 81.3 cm³/mol. The molecule has 0 radical (unpaired) electrons. The number of esters is 1. The maximum atomic E-state index is 11.8. The van der Waals surface area contributed by atoms with Crippen molar-refractivity contribution in [3.8, 4) is 0 Å². The topological polar surface area (TPSA) is 78.3 Å². The highest BCUT2D eigenvalue weighted by atomic mass is 127. The largest absolute Gasteiger partial charge is 0.465 e. The van der Waals surface area contributed by atoms with E-state index in [0.29, 0.717) is 0 Å². The molecule has 0 spiro atoms. The summed E-state index contributed by atoms with van der Waals surface area (Å²) >= 11 is 7.90. The molecule has 2 atom stereocenters. The Labute approximate surface area is 129 Å². The summed E-state index contributed by atoms with van der Waals surface area (Å²) in [7, 11) is 0. The summed E-state index contributed by atoms with van der Waals surface area (Å²) in [4.78, 5) is 35.2. The van der Waals surface area contributed by atoms with Crippen molar-refractivity contribution in [3.05, 3.63) is 27.1 Å². The van der Waals surface area contributed by atoms with Gasteiger partial charge in [-0.15, -0.1) is 0 Å². The molecule has 0 aliphatic carbocycles. The lowest BCUT2D eigenvalue weighted by molar-refractivity contribution is -0.147. The van der Waals surface area contributed by atoms with Crippen LogP contribution in [0.25, 0.3) is 0 Å². The third-order valence-corrected chi connectivity index (χ3v) is 4.50. The standard InChI is InChI=1S/C10H11ClIN2O4P/c1-3-18-10(17)7(5(2)15)6-4-13-14(19-12)9(16)8(6)11/h4,7,19H,3H2,1-2H3. The van der Waals surface area contributed by atoms with E-state index in [1.807, 2.05) is 22.0 Å². The fourth-order valence-corrected chi connectivity index (χ4v) is 3.07. The molecule has 2 unspecified atom stereocenters. The summed E-state index contributed by atoms with van der Waals surface area (Å²) in [6.07, 6.45) is 1.34. The maximum absolute atomic E-state index is 11.8. The first-order valence-corrected chi connectivity index (χ1v) is 9.69. The molecule has 104 valence electrons. The number of carbonyl (C=O) groups excluding carboxylic acids is 2. The summed E-state index contributed by atoms with van der Waals surface area (Å²) < 4.78 is 5.98. The molecule has 0 aliphatic heterocycles. The SMILES string of the molecule is CCOC(=O)C(C(C)=O)c1cnn(PI)c(=O)c1Cl. The number of hydrogen-bond donors (Lipinski definition) is 0. The van der Waals surface area contributed by atoms with Gasteiger partial charge in [0.25, 0.3) is 5.56 Å². The molecule has 19 heavy (non-hydrogen) atoms. The fourth-order valence-electron chi connectivity index (χ4n) is 1.44. The smallest absolute Gasteiger partial charge is 0.321 e. The average Bonchev–Trinajstić information content (AvgIpc) is 2.35. The molecule has 0 saturated carbocycles. The third kappa shape index (κ3) is 3.73. The molecule has 1 rings (SSSR count). The van der Waals surface area contributed by atoms with Gasteiger partial charge in [0, 0.05) is 5.56 Å². The number of Topliss-reactive ketones (excluding diaryl/α,β-unsaturated/α-hetero) is 1. The molecular weight excluding hydrogens is 405 g/mol. The predicted octanol–water partition coefficient (Wildman–Crippen LogP) is 1.92. The molecule has 1 aromatic heterocycles. The van der Waals surface area contributed by atoms with Gasteiger partial charge in [-0.1, -0.05) is 11.6 Å². The van der Waals surface area contributed by atoms with Crippen molar-refractivity contribution in [1.29, 1.82) is 0 Å². The number of ketones is 1. The summed E-state index contributed by atoms with van der Waals surface area (Å²) in [5.74, 6) is -2.39. The number of hydrogen-bond acceptors (Lipinski definition) is 5. The fraction of sp³-hybridized carbons (Fsp3) is 0.400. The van der Waals surface area contributed by atoms with Crippen LogP contribution in [0.4, 0.5) is 0 Å². The van der Waals surface area contributed by atoms with Gasteiger partial charge in [0.15, 0.2) is 0 Å². The highest BCUT2D eigenvalue weighted by molar-refractivity contribution is 14.2. The van der Waals surface area contributed by atoms with E-state index in [0.717, 1.165) is 4.45 Å². The number of rotatable bonds is 5. The van der Waals surface area contributed by atoms with Gasteiger partial charge in [0.05, 0.1) is 19.2 Å². The lowest BCUT2D eigenvalue weighted by atomic mass is 9.97. The van der Waals surface area contributed by atoms with Crippen molar-refractivity contribution in [2.75, 3.05) is 6.61 Å². The second-order valence-corrected chi connectivity index (χ2v) is 5.93. The Balaban J connectivity index is 3.33. The number of ether oxygens (including phenoxy) is 1. The van der Waals surface area contributed by atoms with Crippen LogP contribution in [-0.2, 0) is 14.3 Å². The van der Waals surface area contributed by atoms with E-state index in [4.69, 9.17) is 16.3 Å². The first-order chi connectivity index (χ1) is 8.93. The van der Waals surface area contributed by atoms with E-state index in [1.165, 1.54) is 13.1 Å². The maximum Gasteiger partial charge on any atom is 0.321 e. The summed E-state index contributed by atoms with van der Waals surface area (Å²) in [5.41, 5.74) is -0.439. The van der Waals surface area contributed by atoms with Crippen molar-refractivity contribution in [2.45, 2.75) is 19.8 Å². The Kier molecular flexibility index (Phi) is 6.35. The van der Waals surface area contributed by atoms with Crippen LogP contribution in [0.2, 0.25) is 5.02 Å². The molecule has 1 aromatic rings. The Morgan fingerprint density at radius 3 is 2.74 bits per heavy atom. The Bertz CT molecular complexity index is 563. The normalized spacial score (nSPS) is 12.6. The molecule has 6 nitrogen and oxygen atoms in total. The van der Waals surface area contributed by atoms with Gasteiger partial charge in [-0.25, -0.2) is 4.45 Å². The second kappa shape index (κ2) is 7.31. The zero-order valence-corrected chi connectivity index (χ0v) is 14.1. The van der Waals surface area contributed by atoms with Crippen molar-refractivity contribution in [2.24, 2.45) is 0 Å². The van der Waals surface area contributed by atoms with Crippen LogP contribution in [0.5, 0.6) is 0 Å². The highest BCUT2D eigenvalue weighted by Gasteiger charge is 2.30. The number of halogens is 2. The van der Waals surface area contributed by atoms with E-state index in [2.05, 4.69) is 5.10 Å². The highest BCUT2D eigenvalue weighted by Crippen LogP contribution is 2.26. The van der Waals surface area contributed by atoms with Crippen molar-refractivity contribution in [1.82, 2.24) is 9.55 Å². The van der Waals surface area contributed by atoms with Gasteiger partial charge in [0.1, 0.15) is 16.7 Å². The molecule has 0 amide bonds. The molecule has 0 saturated heterocycles. The van der Waals surface area contributed by atoms with Crippen LogP contribution in [-0.4, -0.2) is 27.9 Å². The van der Waals surface area contributed by atoms with Gasteiger partial charge in [-0.05, 0) is 35.9 Å². The van der Waals surface area contributed by atoms with Crippen LogP contribution in [0.3, 0.4) is 0 Å². The zero-order chi connectivity index (χ0) is 14.6. The number of carbonyl (C=O) groups is 2. The molecule has 1 heterocycles. The molecule has 0 bridgehead atoms. The summed E-state index contributed by atoms with van der Waals surface area (Å²) in [5, 5.41) is 3.69. The monoisotopic (exact) mass is 416 g/mol. The van der Waals surface area contributed by atoms with E-state index >= 15 is 0 Å². The minimum Gasteiger partial charge on any atom is -0.465 e. The average molecular weight is 417 g/mol. The minimum atomic E-state index is -1.21. The zero-order valence-electron chi connectivity index (χ0n) is 10.1. The molecule has 0 N–H and O–H groups in total. The van der Waals surface area contributed by atoms with Crippen molar-refractivity contribution in [3.63, 3.8) is 0 Å². The summed E-state index contributed by atoms with van der Waals surface area (Å²) in [6.45, 7) is 3.01. The molecule has 9 heteroatoms. The van der Waals surface area contributed by atoms with Crippen LogP contribution in [0.15, 0.2) is 11.0 Å². The Hall–Kier alpha value is -0.530. The lowest BCUT2D eigenvalue weighted by Gasteiger charge is -2.14. The second-order valence-electron chi connectivity index (χ2n) is 3.51. The van der Waals surface area contributed by atoms with Crippen LogP contribution < -0.4 is 5.56 Å². The Morgan fingerprint density at radius 1 is 1.63 bits per heavy atom. The molecule has 0 aliphatic rings. The number of aromatic nitrogens is 2. The van der Waals surface area contributed by atoms with E-state index < -0.39 is 23.2 Å². The Morgan fingerprint density at radius 2 is 2.26 bits per heavy atom. The van der Waals surface area contributed by atoms with Gasteiger partial charge in [0.2, 0.25) is 0 Å². The quantitative estimate of drug-likeness (QED) is 0.317. The molecule has 0 aromatic carbocycles. The van der Waals surface area contributed by atoms with Gasteiger partial charge in [-0.2, -0.15) is 5.10 Å². The van der Waals surface area contributed by atoms with E-state index in [1.54, 1.807) is 6.92 Å². The number of nitrogens with zero attached hydrogens (tertiary/aromatic N) is 2. The van der Waals surface area contributed by atoms with Crippen LogP contribution in [0.1, 0.15) is 25.3 Å². The molecular formula is C10H11ClIN2O4P. The van der Waals surface area contributed by atoms with Crippen molar-refractivity contribution < 1.29 is 14.3 Å². The van der Waals surface area contributed by atoms with E-state index in [-0.39, 0.29) is 23.6 Å².